The van der Waals surface area contributed by atoms with Gasteiger partial charge in [0.2, 0.25) is 0 Å². The Hall–Kier alpha value is -0.890. The van der Waals surface area contributed by atoms with Crippen molar-refractivity contribution in [3.63, 3.8) is 0 Å². The van der Waals surface area contributed by atoms with Gasteiger partial charge in [-0.05, 0) is 34.1 Å². The topological polar surface area (TPSA) is 58.6 Å². The van der Waals surface area contributed by atoms with E-state index in [0.717, 1.165) is 51.7 Å². The third-order valence-corrected chi connectivity index (χ3v) is 5.54. The summed E-state index contributed by atoms with van der Waals surface area (Å²) in [5.41, 5.74) is 0.0463. The van der Waals surface area contributed by atoms with E-state index >= 15 is 0 Å². The van der Waals surface area contributed by atoms with E-state index in [1.54, 1.807) is 7.11 Å². The molecule has 2 heterocycles. The van der Waals surface area contributed by atoms with E-state index in [1.807, 2.05) is 7.05 Å². The molecule has 3 unspecified atom stereocenters. The zero-order valence-corrected chi connectivity index (χ0v) is 18.2. The van der Waals surface area contributed by atoms with Crippen molar-refractivity contribution < 1.29 is 14.2 Å². The fourth-order valence-electron chi connectivity index (χ4n) is 3.96. The zero-order valence-electron chi connectivity index (χ0n) is 18.2. The highest BCUT2D eigenvalue weighted by Gasteiger charge is 2.34. The molecule has 0 aromatic carbocycles. The van der Waals surface area contributed by atoms with E-state index in [2.05, 4.69) is 47.8 Å². The number of likely N-dealkylation sites (tertiary alicyclic amines) is 1. The van der Waals surface area contributed by atoms with Crippen molar-refractivity contribution >= 4 is 5.96 Å². The molecular formula is C20H40N4O3. The predicted octanol–water partition coefficient (Wildman–Crippen LogP) is 1.43. The predicted molar refractivity (Wildman–Crippen MR) is 109 cm³/mol. The van der Waals surface area contributed by atoms with Crippen LogP contribution in [-0.4, -0.2) is 100 Å². The average molecular weight is 385 g/mol. The van der Waals surface area contributed by atoms with E-state index in [-0.39, 0.29) is 17.7 Å². The van der Waals surface area contributed by atoms with Gasteiger partial charge in [0.05, 0.1) is 32.0 Å². The lowest BCUT2D eigenvalue weighted by molar-refractivity contribution is -0.0947. The minimum absolute atomic E-state index is 0.0463. The van der Waals surface area contributed by atoms with Crippen LogP contribution in [0.3, 0.4) is 0 Å². The lowest BCUT2D eigenvalue weighted by atomic mass is 10.00. The van der Waals surface area contributed by atoms with Crippen molar-refractivity contribution in [1.82, 2.24) is 15.1 Å². The van der Waals surface area contributed by atoms with Crippen molar-refractivity contribution in [3.05, 3.63) is 0 Å². The van der Waals surface area contributed by atoms with Crippen LogP contribution in [0.15, 0.2) is 4.99 Å². The van der Waals surface area contributed by atoms with Crippen molar-refractivity contribution in [3.8, 4) is 0 Å². The van der Waals surface area contributed by atoms with Gasteiger partial charge in [-0.2, -0.15) is 0 Å². The number of hydrogen-bond acceptors (Lipinski definition) is 5. The quantitative estimate of drug-likeness (QED) is 0.388. The van der Waals surface area contributed by atoms with Crippen LogP contribution in [0, 0.1) is 5.92 Å². The first-order valence-corrected chi connectivity index (χ1v) is 10.3. The molecule has 7 nitrogen and oxygen atoms in total. The number of nitrogens with one attached hydrogen (secondary N) is 1. The highest BCUT2D eigenvalue weighted by Crippen LogP contribution is 2.21. The second-order valence-corrected chi connectivity index (χ2v) is 8.54. The molecule has 0 bridgehead atoms. The summed E-state index contributed by atoms with van der Waals surface area (Å²) in [5, 5.41) is 3.61. The van der Waals surface area contributed by atoms with Crippen molar-refractivity contribution in [2.75, 3.05) is 66.7 Å². The highest BCUT2D eigenvalue weighted by atomic mass is 16.5. The second kappa shape index (κ2) is 10.6. The van der Waals surface area contributed by atoms with Gasteiger partial charge in [0.15, 0.2) is 5.96 Å². The Morgan fingerprint density at radius 1 is 1.19 bits per heavy atom. The second-order valence-electron chi connectivity index (χ2n) is 8.54. The highest BCUT2D eigenvalue weighted by molar-refractivity contribution is 5.80. The SMILES string of the molecule is CN=C(NCC(C)(C)N1CC(C)OC(C)C1)N1CCC(COCCOC)C1. The smallest absolute Gasteiger partial charge is 0.193 e. The molecule has 0 aromatic rings. The van der Waals surface area contributed by atoms with Gasteiger partial charge in [0.25, 0.3) is 0 Å². The van der Waals surface area contributed by atoms with Gasteiger partial charge < -0.3 is 24.4 Å². The summed E-state index contributed by atoms with van der Waals surface area (Å²) in [6.07, 6.45) is 1.71. The van der Waals surface area contributed by atoms with Crippen LogP contribution in [0.4, 0.5) is 0 Å². The number of hydrogen-bond donors (Lipinski definition) is 1. The summed E-state index contributed by atoms with van der Waals surface area (Å²) in [7, 11) is 3.58. The Morgan fingerprint density at radius 3 is 2.52 bits per heavy atom. The van der Waals surface area contributed by atoms with Crippen LogP contribution < -0.4 is 5.32 Å². The Labute approximate surface area is 165 Å². The van der Waals surface area contributed by atoms with Crippen LogP contribution in [-0.2, 0) is 14.2 Å². The molecule has 0 radical (unpaired) electrons. The summed E-state index contributed by atoms with van der Waals surface area (Å²) >= 11 is 0. The molecule has 2 rings (SSSR count). The molecule has 27 heavy (non-hydrogen) atoms. The molecule has 2 saturated heterocycles. The Kier molecular flexibility index (Phi) is 8.79. The van der Waals surface area contributed by atoms with Crippen molar-refractivity contribution in [2.45, 2.75) is 51.9 Å². The molecule has 0 amide bonds. The minimum atomic E-state index is 0.0463. The van der Waals surface area contributed by atoms with Gasteiger partial charge in [-0.1, -0.05) is 0 Å². The Balaban J connectivity index is 1.79. The van der Waals surface area contributed by atoms with E-state index in [9.17, 15) is 0 Å². The lowest BCUT2D eigenvalue weighted by Gasteiger charge is -2.45. The molecule has 0 aliphatic carbocycles. The molecule has 2 aliphatic rings. The van der Waals surface area contributed by atoms with Crippen LogP contribution in [0.1, 0.15) is 34.1 Å². The van der Waals surface area contributed by atoms with Gasteiger partial charge in [-0.3, -0.25) is 9.89 Å². The molecule has 2 fully saturated rings. The fourth-order valence-corrected chi connectivity index (χ4v) is 3.96. The summed E-state index contributed by atoms with van der Waals surface area (Å²) < 4.78 is 16.6. The third-order valence-electron chi connectivity index (χ3n) is 5.54. The molecule has 2 aliphatic heterocycles. The molecular weight excluding hydrogens is 344 g/mol. The zero-order chi connectivity index (χ0) is 19.9. The summed E-state index contributed by atoms with van der Waals surface area (Å²) in [4.78, 5) is 9.40. The number of guanidine groups is 1. The molecule has 0 saturated carbocycles. The number of aliphatic imine (C=N–C) groups is 1. The maximum Gasteiger partial charge on any atom is 0.193 e. The minimum Gasteiger partial charge on any atom is -0.382 e. The van der Waals surface area contributed by atoms with Crippen LogP contribution in [0.25, 0.3) is 0 Å². The van der Waals surface area contributed by atoms with Crippen LogP contribution >= 0.6 is 0 Å². The van der Waals surface area contributed by atoms with E-state index in [0.29, 0.717) is 19.1 Å². The first kappa shape index (κ1) is 22.4. The van der Waals surface area contributed by atoms with Crippen molar-refractivity contribution in [2.24, 2.45) is 10.9 Å². The van der Waals surface area contributed by atoms with E-state index in [1.165, 1.54) is 0 Å². The van der Waals surface area contributed by atoms with Gasteiger partial charge in [-0.15, -0.1) is 0 Å². The Bertz CT molecular complexity index is 462. The first-order chi connectivity index (χ1) is 12.9. The maximum absolute atomic E-state index is 5.89. The largest absolute Gasteiger partial charge is 0.382 e. The molecule has 1 N–H and O–H groups in total. The summed E-state index contributed by atoms with van der Waals surface area (Å²) in [5.74, 6) is 1.56. The number of morpholine rings is 1. The normalized spacial score (nSPS) is 28.0. The molecule has 158 valence electrons. The number of nitrogens with zero attached hydrogens (tertiary/aromatic N) is 3. The Morgan fingerprint density at radius 2 is 1.89 bits per heavy atom. The van der Waals surface area contributed by atoms with Crippen LogP contribution in [0.5, 0.6) is 0 Å². The number of methoxy groups -OCH3 is 1. The average Bonchev–Trinajstić information content (AvgIpc) is 3.07. The van der Waals surface area contributed by atoms with Gasteiger partial charge >= 0.3 is 0 Å². The van der Waals surface area contributed by atoms with E-state index in [4.69, 9.17) is 14.2 Å². The molecule has 7 heteroatoms. The van der Waals surface area contributed by atoms with Gasteiger partial charge in [0.1, 0.15) is 0 Å². The van der Waals surface area contributed by atoms with E-state index < -0.39 is 0 Å². The maximum atomic E-state index is 5.89. The van der Waals surface area contributed by atoms with Gasteiger partial charge in [0, 0.05) is 58.3 Å². The third kappa shape index (κ3) is 6.89. The lowest BCUT2D eigenvalue weighted by Crippen LogP contribution is -2.59. The molecule has 3 atom stereocenters. The number of ether oxygens (including phenoxy) is 3. The first-order valence-electron chi connectivity index (χ1n) is 10.3. The number of rotatable bonds is 8. The molecule has 0 spiro atoms. The molecule has 0 aromatic heterocycles. The standard InChI is InChI=1S/C20H40N4O3/c1-16-11-24(12-17(2)27-16)20(3,4)15-22-19(21-5)23-8-7-18(13-23)14-26-10-9-25-6/h16-18H,7-15H2,1-6H3,(H,21,22). The van der Waals surface area contributed by atoms with Crippen LogP contribution in [0.2, 0.25) is 0 Å². The van der Waals surface area contributed by atoms with Gasteiger partial charge in [-0.25, -0.2) is 0 Å². The fraction of sp³-hybridized carbons (Fsp3) is 0.950. The summed E-state index contributed by atoms with van der Waals surface area (Å²) in [6.45, 7) is 15.9. The monoisotopic (exact) mass is 384 g/mol. The summed E-state index contributed by atoms with van der Waals surface area (Å²) in [6, 6.07) is 0. The van der Waals surface area contributed by atoms with Crippen molar-refractivity contribution in [1.29, 1.82) is 0 Å².